The lowest BCUT2D eigenvalue weighted by Crippen LogP contribution is -2.12. The molecule has 1 aromatic heterocycles. The minimum atomic E-state index is 0.171. The van der Waals surface area contributed by atoms with Gasteiger partial charge in [0.05, 0.1) is 5.69 Å². The summed E-state index contributed by atoms with van der Waals surface area (Å²) in [4.78, 5) is 9.00. The van der Waals surface area contributed by atoms with E-state index in [1.165, 1.54) is 10.8 Å². The van der Waals surface area contributed by atoms with Crippen LogP contribution in [0.2, 0.25) is 0 Å². The lowest BCUT2D eigenvalue weighted by atomic mass is 10.0. The van der Waals surface area contributed by atoms with E-state index in [0.717, 1.165) is 17.1 Å². The molecule has 0 saturated heterocycles. The summed E-state index contributed by atoms with van der Waals surface area (Å²) < 4.78 is 0. The fraction of sp³-hybridized carbons (Fsp3) is 0.176. The Labute approximate surface area is 118 Å². The lowest BCUT2D eigenvalue weighted by Gasteiger charge is -2.10. The van der Waals surface area contributed by atoms with E-state index in [-0.39, 0.29) is 5.92 Å². The van der Waals surface area contributed by atoms with Gasteiger partial charge in [0.15, 0.2) is 0 Å². The summed E-state index contributed by atoms with van der Waals surface area (Å²) in [6.45, 7) is 2.60. The average Bonchev–Trinajstić information content (AvgIpc) is 2.53. The molecule has 0 aliphatic heterocycles. The minimum absolute atomic E-state index is 0.171. The highest BCUT2D eigenvalue weighted by Gasteiger charge is 2.10. The first-order chi connectivity index (χ1) is 9.79. The van der Waals surface area contributed by atoms with Crippen LogP contribution in [0.3, 0.4) is 0 Å². The molecule has 100 valence electrons. The van der Waals surface area contributed by atoms with Crippen LogP contribution in [0.25, 0.3) is 22.0 Å². The molecular formula is C17H17N3. The van der Waals surface area contributed by atoms with E-state index >= 15 is 0 Å². The van der Waals surface area contributed by atoms with E-state index < -0.39 is 0 Å². The van der Waals surface area contributed by atoms with Crippen LogP contribution in [0, 0.1) is 0 Å². The van der Waals surface area contributed by atoms with Gasteiger partial charge in [-0.05, 0) is 16.8 Å². The normalized spacial score (nSPS) is 12.5. The molecule has 20 heavy (non-hydrogen) atoms. The Hall–Kier alpha value is -2.26. The summed E-state index contributed by atoms with van der Waals surface area (Å²) in [5.41, 5.74) is 7.79. The predicted octanol–water partition coefficient (Wildman–Crippen LogP) is 3.36. The van der Waals surface area contributed by atoms with Crippen molar-refractivity contribution in [2.24, 2.45) is 5.73 Å². The van der Waals surface area contributed by atoms with Crippen LogP contribution >= 0.6 is 0 Å². The van der Waals surface area contributed by atoms with Crippen molar-refractivity contribution in [2.45, 2.75) is 12.8 Å². The molecule has 0 spiro atoms. The molecule has 2 aromatic carbocycles. The fourth-order valence-electron chi connectivity index (χ4n) is 2.32. The van der Waals surface area contributed by atoms with E-state index in [1.807, 2.05) is 25.3 Å². The molecule has 0 amide bonds. The minimum Gasteiger partial charge on any atom is -0.330 e. The highest BCUT2D eigenvalue weighted by molar-refractivity contribution is 5.95. The van der Waals surface area contributed by atoms with Crippen LogP contribution < -0.4 is 5.73 Å². The van der Waals surface area contributed by atoms with Gasteiger partial charge in [0.25, 0.3) is 0 Å². The second-order valence-electron chi connectivity index (χ2n) is 4.96. The summed E-state index contributed by atoms with van der Waals surface area (Å²) >= 11 is 0. The van der Waals surface area contributed by atoms with Gasteiger partial charge in [-0.1, -0.05) is 49.4 Å². The highest BCUT2D eigenvalue weighted by atomic mass is 14.9. The van der Waals surface area contributed by atoms with E-state index in [0.29, 0.717) is 6.54 Å². The first-order valence-electron chi connectivity index (χ1n) is 6.80. The number of aromatic nitrogens is 2. The lowest BCUT2D eigenvalue weighted by molar-refractivity contribution is 0.713. The summed E-state index contributed by atoms with van der Waals surface area (Å²) in [6, 6.07) is 16.6. The van der Waals surface area contributed by atoms with Gasteiger partial charge in [0.1, 0.15) is 5.82 Å². The smallest absolute Gasteiger partial charge is 0.133 e. The zero-order valence-corrected chi connectivity index (χ0v) is 11.5. The summed E-state index contributed by atoms with van der Waals surface area (Å²) in [6.07, 6.45) is 1.81. The van der Waals surface area contributed by atoms with Crippen molar-refractivity contribution < 1.29 is 0 Å². The van der Waals surface area contributed by atoms with Crippen LogP contribution in [-0.4, -0.2) is 16.5 Å². The Kier molecular flexibility index (Phi) is 3.44. The molecule has 1 atom stereocenters. The van der Waals surface area contributed by atoms with E-state index in [9.17, 15) is 0 Å². The summed E-state index contributed by atoms with van der Waals surface area (Å²) in [5, 5.41) is 2.43. The quantitative estimate of drug-likeness (QED) is 0.788. The topological polar surface area (TPSA) is 51.8 Å². The number of hydrogen-bond donors (Lipinski definition) is 1. The number of rotatable bonds is 3. The molecule has 1 unspecified atom stereocenters. The van der Waals surface area contributed by atoms with Gasteiger partial charge in [0, 0.05) is 24.2 Å². The first-order valence-corrected chi connectivity index (χ1v) is 6.80. The molecule has 0 bridgehead atoms. The maximum absolute atomic E-state index is 5.70. The molecule has 3 aromatic rings. The number of nitrogens with two attached hydrogens (primary N) is 1. The monoisotopic (exact) mass is 263 g/mol. The maximum Gasteiger partial charge on any atom is 0.133 e. The molecular weight excluding hydrogens is 246 g/mol. The first kappa shape index (κ1) is 12.8. The highest BCUT2D eigenvalue weighted by Crippen LogP contribution is 2.27. The zero-order chi connectivity index (χ0) is 13.9. The second-order valence-corrected chi connectivity index (χ2v) is 4.96. The van der Waals surface area contributed by atoms with Gasteiger partial charge in [0.2, 0.25) is 0 Å². The third-order valence-corrected chi connectivity index (χ3v) is 3.53. The maximum atomic E-state index is 5.70. The van der Waals surface area contributed by atoms with Crippen molar-refractivity contribution in [3.63, 3.8) is 0 Å². The molecule has 2 N–H and O–H groups in total. The zero-order valence-electron chi connectivity index (χ0n) is 11.5. The number of hydrogen-bond acceptors (Lipinski definition) is 3. The largest absolute Gasteiger partial charge is 0.330 e. The van der Waals surface area contributed by atoms with Crippen molar-refractivity contribution in [1.29, 1.82) is 0 Å². The summed E-state index contributed by atoms with van der Waals surface area (Å²) in [5.74, 6) is 0.975. The van der Waals surface area contributed by atoms with Crippen molar-refractivity contribution in [1.82, 2.24) is 9.97 Å². The van der Waals surface area contributed by atoms with E-state index in [1.54, 1.807) is 0 Å². The fourth-order valence-corrected chi connectivity index (χ4v) is 2.32. The Morgan fingerprint density at radius 1 is 1.05 bits per heavy atom. The van der Waals surface area contributed by atoms with Crippen molar-refractivity contribution >= 4 is 10.8 Å². The Bertz CT molecular complexity index is 732. The molecule has 0 saturated carbocycles. The molecule has 0 radical (unpaired) electrons. The van der Waals surface area contributed by atoms with Gasteiger partial charge in [-0.15, -0.1) is 0 Å². The molecule has 0 aliphatic rings. The van der Waals surface area contributed by atoms with Crippen LogP contribution in [0.1, 0.15) is 18.7 Å². The SMILES string of the molecule is CC(CN)c1nccc(-c2cccc3ccccc23)n1. The second kappa shape index (κ2) is 5.39. The number of nitrogens with zero attached hydrogens (tertiary/aromatic N) is 2. The molecule has 3 rings (SSSR count). The van der Waals surface area contributed by atoms with Gasteiger partial charge >= 0.3 is 0 Å². The van der Waals surface area contributed by atoms with Crippen molar-refractivity contribution in [2.75, 3.05) is 6.54 Å². The van der Waals surface area contributed by atoms with Gasteiger partial charge < -0.3 is 5.73 Å². The predicted molar refractivity (Wildman–Crippen MR) is 82.4 cm³/mol. The molecule has 0 fully saturated rings. The van der Waals surface area contributed by atoms with Crippen molar-refractivity contribution in [3.05, 3.63) is 60.6 Å². The molecule has 3 heteroatoms. The third kappa shape index (κ3) is 2.28. The van der Waals surface area contributed by atoms with E-state index in [4.69, 9.17) is 5.73 Å². The van der Waals surface area contributed by atoms with Gasteiger partial charge in [-0.3, -0.25) is 0 Å². The van der Waals surface area contributed by atoms with Gasteiger partial charge in [-0.2, -0.15) is 0 Å². The average molecular weight is 263 g/mol. The van der Waals surface area contributed by atoms with E-state index in [2.05, 4.69) is 46.4 Å². The van der Waals surface area contributed by atoms with Crippen LogP contribution in [0.15, 0.2) is 54.7 Å². The third-order valence-electron chi connectivity index (χ3n) is 3.53. The number of fused-ring (bicyclic) bond motifs is 1. The van der Waals surface area contributed by atoms with Crippen molar-refractivity contribution in [3.8, 4) is 11.3 Å². The number of benzene rings is 2. The Balaban J connectivity index is 2.16. The Morgan fingerprint density at radius 2 is 1.85 bits per heavy atom. The van der Waals surface area contributed by atoms with Crippen LogP contribution in [0.4, 0.5) is 0 Å². The van der Waals surface area contributed by atoms with Crippen LogP contribution in [-0.2, 0) is 0 Å². The standard InChI is InChI=1S/C17H17N3/c1-12(11-18)17-19-10-9-16(20-17)15-8-4-6-13-5-2-3-7-14(13)15/h2-10,12H,11,18H2,1H3. The molecule has 0 aliphatic carbocycles. The molecule has 3 nitrogen and oxygen atoms in total. The molecule has 1 heterocycles. The van der Waals surface area contributed by atoms with Gasteiger partial charge in [-0.25, -0.2) is 9.97 Å². The summed E-state index contributed by atoms with van der Waals surface area (Å²) in [7, 11) is 0. The van der Waals surface area contributed by atoms with Crippen LogP contribution in [0.5, 0.6) is 0 Å². The Morgan fingerprint density at radius 3 is 2.70 bits per heavy atom.